The van der Waals surface area contributed by atoms with Crippen molar-refractivity contribution in [1.29, 1.82) is 0 Å². The van der Waals surface area contributed by atoms with E-state index in [1.54, 1.807) is 11.6 Å². The van der Waals surface area contributed by atoms with Crippen molar-refractivity contribution in [3.05, 3.63) is 71.4 Å². The second-order valence-electron chi connectivity index (χ2n) is 5.91. The van der Waals surface area contributed by atoms with Crippen LogP contribution in [0, 0.1) is 6.92 Å². The summed E-state index contributed by atoms with van der Waals surface area (Å²) in [5.74, 6) is 1.61. The zero-order valence-corrected chi connectivity index (χ0v) is 15.2. The van der Waals surface area contributed by atoms with Crippen LogP contribution in [0.5, 0.6) is 5.75 Å². The van der Waals surface area contributed by atoms with E-state index in [1.807, 2.05) is 67.6 Å². The molecule has 1 N–H and O–H groups in total. The van der Waals surface area contributed by atoms with Gasteiger partial charge < -0.3 is 10.1 Å². The number of anilines is 2. The van der Waals surface area contributed by atoms with Gasteiger partial charge in [0.2, 0.25) is 0 Å². The molecular weight excluding hydrogens is 348 g/mol. The Morgan fingerprint density at radius 1 is 1.04 bits per heavy atom. The molecule has 4 aromatic rings. The number of ether oxygens (including phenoxy) is 1. The van der Waals surface area contributed by atoms with Gasteiger partial charge in [0, 0.05) is 34.1 Å². The van der Waals surface area contributed by atoms with E-state index in [2.05, 4.69) is 10.3 Å². The Balaban J connectivity index is 1.81. The van der Waals surface area contributed by atoms with Crippen LogP contribution in [-0.4, -0.2) is 21.7 Å². The first-order valence-electron chi connectivity index (χ1n) is 8.17. The number of fused-ring (bicyclic) bond motifs is 1. The number of halogens is 1. The summed E-state index contributed by atoms with van der Waals surface area (Å²) in [6.07, 6.45) is 0. The lowest BCUT2D eigenvalue weighted by Gasteiger charge is -2.09. The minimum absolute atomic E-state index is 0.698. The molecule has 5 nitrogen and oxygen atoms in total. The van der Waals surface area contributed by atoms with E-state index in [9.17, 15) is 0 Å². The fourth-order valence-corrected chi connectivity index (χ4v) is 2.98. The molecule has 0 aliphatic rings. The molecule has 0 fully saturated rings. The van der Waals surface area contributed by atoms with Crippen LogP contribution in [0.4, 0.5) is 11.5 Å². The van der Waals surface area contributed by atoms with Crippen molar-refractivity contribution in [2.75, 3.05) is 12.4 Å². The van der Waals surface area contributed by atoms with E-state index < -0.39 is 0 Å². The molecule has 0 spiro atoms. The van der Waals surface area contributed by atoms with E-state index in [-0.39, 0.29) is 0 Å². The summed E-state index contributed by atoms with van der Waals surface area (Å²) in [7, 11) is 1.66. The Morgan fingerprint density at radius 2 is 1.81 bits per heavy atom. The number of methoxy groups -OCH3 is 1. The summed E-state index contributed by atoms with van der Waals surface area (Å²) in [6.45, 7) is 1.96. The molecule has 0 aliphatic heterocycles. The Hall–Kier alpha value is -3.05. The van der Waals surface area contributed by atoms with Crippen LogP contribution in [-0.2, 0) is 0 Å². The number of para-hydroxylation sites is 1. The fourth-order valence-electron chi connectivity index (χ4n) is 2.86. The molecule has 6 heteroatoms. The van der Waals surface area contributed by atoms with E-state index in [1.165, 1.54) is 0 Å². The molecular formula is C20H17ClN4O. The SMILES string of the molecule is COc1ccccc1-c1cc2nc(C)cc(Nc3ccc(Cl)cc3)n2n1. The molecule has 0 amide bonds. The maximum Gasteiger partial charge on any atom is 0.158 e. The molecule has 0 aliphatic carbocycles. The van der Waals surface area contributed by atoms with E-state index in [0.29, 0.717) is 5.02 Å². The Bertz CT molecular complexity index is 1070. The molecule has 0 saturated heterocycles. The Morgan fingerprint density at radius 3 is 2.58 bits per heavy atom. The van der Waals surface area contributed by atoms with Gasteiger partial charge in [0.1, 0.15) is 11.6 Å². The predicted molar refractivity (Wildman–Crippen MR) is 104 cm³/mol. The number of nitrogens with zero attached hydrogens (tertiary/aromatic N) is 3. The first-order chi connectivity index (χ1) is 12.6. The molecule has 130 valence electrons. The van der Waals surface area contributed by atoms with Gasteiger partial charge >= 0.3 is 0 Å². The largest absolute Gasteiger partial charge is 0.496 e. The van der Waals surface area contributed by atoms with Crippen LogP contribution in [0.15, 0.2) is 60.7 Å². The van der Waals surface area contributed by atoms with Crippen molar-refractivity contribution in [3.8, 4) is 17.0 Å². The molecule has 0 atom stereocenters. The quantitative estimate of drug-likeness (QED) is 0.546. The minimum atomic E-state index is 0.698. The minimum Gasteiger partial charge on any atom is -0.496 e. The molecule has 2 heterocycles. The average molecular weight is 365 g/mol. The first kappa shape index (κ1) is 16.4. The maximum absolute atomic E-state index is 5.97. The van der Waals surface area contributed by atoms with E-state index >= 15 is 0 Å². The predicted octanol–water partition coefficient (Wildman–Crippen LogP) is 5.11. The highest BCUT2D eigenvalue weighted by Crippen LogP contribution is 2.30. The van der Waals surface area contributed by atoms with Crippen molar-refractivity contribution >= 4 is 28.8 Å². The van der Waals surface area contributed by atoms with Crippen LogP contribution < -0.4 is 10.1 Å². The van der Waals surface area contributed by atoms with Gasteiger partial charge in [-0.15, -0.1) is 0 Å². The van der Waals surface area contributed by atoms with Gasteiger partial charge in [0.15, 0.2) is 5.65 Å². The molecule has 2 aromatic carbocycles. The molecule has 0 saturated carbocycles. The van der Waals surface area contributed by atoms with Crippen LogP contribution in [0.2, 0.25) is 5.02 Å². The van der Waals surface area contributed by atoms with Crippen LogP contribution in [0.1, 0.15) is 5.69 Å². The van der Waals surface area contributed by atoms with Gasteiger partial charge in [-0.05, 0) is 43.3 Å². The van der Waals surface area contributed by atoms with Gasteiger partial charge in [-0.25, -0.2) is 4.98 Å². The van der Waals surface area contributed by atoms with Crippen molar-refractivity contribution in [2.45, 2.75) is 6.92 Å². The Labute approximate surface area is 156 Å². The number of hydrogen-bond acceptors (Lipinski definition) is 4. The number of hydrogen-bond donors (Lipinski definition) is 1. The van der Waals surface area contributed by atoms with E-state index in [0.717, 1.165) is 39.9 Å². The second kappa shape index (κ2) is 6.69. The number of nitrogens with one attached hydrogen (secondary N) is 1. The summed E-state index contributed by atoms with van der Waals surface area (Å²) in [5.41, 5.74) is 4.33. The normalized spacial score (nSPS) is 10.9. The van der Waals surface area contributed by atoms with Crippen LogP contribution >= 0.6 is 11.6 Å². The maximum atomic E-state index is 5.97. The zero-order chi connectivity index (χ0) is 18.1. The molecule has 0 bridgehead atoms. The molecule has 2 aromatic heterocycles. The lowest BCUT2D eigenvalue weighted by atomic mass is 10.1. The van der Waals surface area contributed by atoms with Crippen molar-refractivity contribution in [3.63, 3.8) is 0 Å². The van der Waals surface area contributed by atoms with Crippen molar-refractivity contribution in [1.82, 2.24) is 14.6 Å². The third-order valence-corrected chi connectivity index (χ3v) is 4.31. The lowest BCUT2D eigenvalue weighted by Crippen LogP contribution is -2.02. The highest BCUT2D eigenvalue weighted by molar-refractivity contribution is 6.30. The molecule has 0 radical (unpaired) electrons. The highest BCUT2D eigenvalue weighted by atomic mass is 35.5. The summed E-state index contributed by atoms with van der Waals surface area (Å²) in [4.78, 5) is 4.59. The molecule has 0 unspecified atom stereocenters. The third kappa shape index (κ3) is 3.09. The number of rotatable bonds is 4. The second-order valence-corrected chi connectivity index (χ2v) is 6.35. The van der Waals surface area contributed by atoms with Gasteiger partial charge in [-0.2, -0.15) is 9.61 Å². The topological polar surface area (TPSA) is 51.5 Å². The third-order valence-electron chi connectivity index (χ3n) is 4.05. The van der Waals surface area contributed by atoms with E-state index in [4.69, 9.17) is 21.4 Å². The van der Waals surface area contributed by atoms with Crippen LogP contribution in [0.25, 0.3) is 16.9 Å². The number of aryl methyl sites for hydroxylation is 1. The van der Waals surface area contributed by atoms with Crippen molar-refractivity contribution in [2.24, 2.45) is 0 Å². The summed E-state index contributed by atoms with van der Waals surface area (Å²) < 4.78 is 7.25. The standard InChI is InChI=1S/C20H17ClN4O/c1-13-11-19(23-15-9-7-14(21)8-10-15)25-20(22-13)12-17(24-25)16-5-3-4-6-18(16)26-2/h3-12,23H,1-2H3. The lowest BCUT2D eigenvalue weighted by molar-refractivity contribution is 0.416. The summed E-state index contributed by atoms with van der Waals surface area (Å²) in [5, 5.41) is 8.81. The van der Waals surface area contributed by atoms with Gasteiger partial charge in [-0.3, -0.25) is 0 Å². The molecule has 4 rings (SSSR count). The number of aromatic nitrogens is 3. The highest BCUT2D eigenvalue weighted by Gasteiger charge is 2.13. The summed E-state index contributed by atoms with van der Waals surface area (Å²) in [6, 6.07) is 19.3. The average Bonchev–Trinajstić information content (AvgIpc) is 3.07. The summed E-state index contributed by atoms with van der Waals surface area (Å²) >= 11 is 5.97. The van der Waals surface area contributed by atoms with Crippen molar-refractivity contribution < 1.29 is 4.74 Å². The zero-order valence-electron chi connectivity index (χ0n) is 14.4. The monoisotopic (exact) mass is 364 g/mol. The smallest absolute Gasteiger partial charge is 0.158 e. The van der Waals surface area contributed by atoms with Gasteiger partial charge in [0.05, 0.1) is 12.8 Å². The Kier molecular flexibility index (Phi) is 4.22. The fraction of sp³-hybridized carbons (Fsp3) is 0.100. The molecule has 26 heavy (non-hydrogen) atoms. The first-order valence-corrected chi connectivity index (χ1v) is 8.55. The van der Waals surface area contributed by atoms with Gasteiger partial charge in [-0.1, -0.05) is 23.7 Å². The number of benzene rings is 2. The van der Waals surface area contributed by atoms with Gasteiger partial charge in [0.25, 0.3) is 0 Å². The van der Waals surface area contributed by atoms with Crippen LogP contribution in [0.3, 0.4) is 0 Å².